The lowest BCUT2D eigenvalue weighted by molar-refractivity contribution is 0.595. The molecule has 1 nitrogen and oxygen atoms in total. The minimum atomic E-state index is -0.0887. The van der Waals surface area contributed by atoms with Crippen molar-refractivity contribution in [3.8, 4) is 0 Å². The Labute approximate surface area is 102 Å². The molecule has 16 heavy (non-hydrogen) atoms. The zero-order valence-electron chi connectivity index (χ0n) is 10.1. The van der Waals surface area contributed by atoms with E-state index in [-0.39, 0.29) is 5.82 Å². The van der Waals surface area contributed by atoms with Crippen LogP contribution in [0.3, 0.4) is 0 Å². The maximum absolute atomic E-state index is 13.6. The van der Waals surface area contributed by atoms with E-state index in [0.29, 0.717) is 0 Å². The molecular formula is C13H20FNS. The SMILES string of the molecule is CCCNCc1ccc(SCCC)c(F)c1. The molecule has 1 N–H and O–H groups in total. The van der Waals surface area contributed by atoms with Gasteiger partial charge in [0, 0.05) is 11.4 Å². The molecule has 3 heteroatoms. The Kier molecular flexibility index (Phi) is 6.50. The Morgan fingerprint density at radius 3 is 2.69 bits per heavy atom. The van der Waals surface area contributed by atoms with E-state index in [4.69, 9.17) is 0 Å². The van der Waals surface area contributed by atoms with E-state index < -0.39 is 0 Å². The van der Waals surface area contributed by atoms with Crippen molar-refractivity contribution in [3.63, 3.8) is 0 Å². The van der Waals surface area contributed by atoms with Crippen molar-refractivity contribution >= 4 is 11.8 Å². The van der Waals surface area contributed by atoms with Gasteiger partial charge in [0.15, 0.2) is 0 Å². The summed E-state index contributed by atoms with van der Waals surface area (Å²) in [4.78, 5) is 0.765. The fraction of sp³-hybridized carbons (Fsp3) is 0.538. The van der Waals surface area contributed by atoms with Gasteiger partial charge in [-0.1, -0.05) is 19.9 Å². The molecule has 0 aliphatic heterocycles. The first-order valence-corrected chi connectivity index (χ1v) is 6.88. The maximum atomic E-state index is 13.6. The minimum Gasteiger partial charge on any atom is -0.313 e. The number of nitrogens with one attached hydrogen (secondary N) is 1. The average molecular weight is 241 g/mol. The van der Waals surface area contributed by atoms with Crippen LogP contribution in [0.2, 0.25) is 0 Å². The van der Waals surface area contributed by atoms with Crippen molar-refractivity contribution in [2.75, 3.05) is 12.3 Å². The monoisotopic (exact) mass is 241 g/mol. The van der Waals surface area contributed by atoms with E-state index in [9.17, 15) is 4.39 Å². The average Bonchev–Trinajstić information content (AvgIpc) is 2.28. The van der Waals surface area contributed by atoms with Crippen molar-refractivity contribution in [2.45, 2.75) is 38.1 Å². The highest BCUT2D eigenvalue weighted by atomic mass is 32.2. The highest BCUT2D eigenvalue weighted by Gasteiger charge is 2.03. The largest absolute Gasteiger partial charge is 0.313 e. The van der Waals surface area contributed by atoms with Crippen LogP contribution in [-0.4, -0.2) is 12.3 Å². The molecule has 0 fully saturated rings. The van der Waals surface area contributed by atoms with Gasteiger partial charge in [0.25, 0.3) is 0 Å². The number of rotatable bonds is 7. The van der Waals surface area contributed by atoms with E-state index in [0.717, 1.165) is 42.1 Å². The topological polar surface area (TPSA) is 12.0 Å². The van der Waals surface area contributed by atoms with Gasteiger partial charge >= 0.3 is 0 Å². The first kappa shape index (κ1) is 13.5. The van der Waals surface area contributed by atoms with Crippen LogP contribution in [0.5, 0.6) is 0 Å². The van der Waals surface area contributed by atoms with E-state index >= 15 is 0 Å². The molecule has 1 rings (SSSR count). The van der Waals surface area contributed by atoms with E-state index in [1.807, 2.05) is 12.1 Å². The number of hydrogen-bond donors (Lipinski definition) is 1. The predicted molar refractivity (Wildman–Crippen MR) is 69.4 cm³/mol. The predicted octanol–water partition coefficient (Wildman–Crippen LogP) is 3.83. The lowest BCUT2D eigenvalue weighted by atomic mass is 10.2. The van der Waals surface area contributed by atoms with Crippen LogP contribution in [0.1, 0.15) is 32.3 Å². The molecule has 0 atom stereocenters. The number of halogens is 1. The summed E-state index contributed by atoms with van der Waals surface area (Å²) in [6.45, 7) is 5.96. The summed E-state index contributed by atoms with van der Waals surface area (Å²) in [5.74, 6) is 0.888. The quantitative estimate of drug-likeness (QED) is 0.575. The first-order valence-electron chi connectivity index (χ1n) is 5.89. The third kappa shape index (κ3) is 4.54. The number of benzene rings is 1. The summed E-state index contributed by atoms with van der Waals surface area (Å²) in [6.07, 6.45) is 2.18. The van der Waals surface area contributed by atoms with Gasteiger partial charge in [0.05, 0.1) is 0 Å². The van der Waals surface area contributed by atoms with Gasteiger partial charge in [-0.15, -0.1) is 11.8 Å². The lowest BCUT2D eigenvalue weighted by Crippen LogP contribution is -2.13. The maximum Gasteiger partial charge on any atom is 0.137 e. The molecule has 0 unspecified atom stereocenters. The third-order valence-corrected chi connectivity index (χ3v) is 3.47. The summed E-state index contributed by atoms with van der Waals surface area (Å²) in [6, 6.07) is 5.53. The van der Waals surface area contributed by atoms with Crippen LogP contribution in [0.4, 0.5) is 4.39 Å². The molecule has 0 heterocycles. The second kappa shape index (κ2) is 7.69. The van der Waals surface area contributed by atoms with Crippen LogP contribution >= 0.6 is 11.8 Å². The Morgan fingerprint density at radius 2 is 2.06 bits per heavy atom. The summed E-state index contributed by atoms with van der Waals surface area (Å²) in [7, 11) is 0. The van der Waals surface area contributed by atoms with Gasteiger partial charge in [0.1, 0.15) is 5.82 Å². The highest BCUT2D eigenvalue weighted by molar-refractivity contribution is 7.99. The Hall–Kier alpha value is -0.540. The van der Waals surface area contributed by atoms with Crippen LogP contribution in [0, 0.1) is 5.82 Å². The molecule has 0 saturated carbocycles. The fourth-order valence-electron chi connectivity index (χ4n) is 1.39. The summed E-state index contributed by atoms with van der Waals surface area (Å²) in [5, 5.41) is 3.27. The molecule has 0 aliphatic rings. The van der Waals surface area contributed by atoms with E-state index in [1.165, 1.54) is 0 Å². The third-order valence-electron chi connectivity index (χ3n) is 2.21. The molecule has 1 aromatic rings. The Morgan fingerprint density at radius 1 is 1.25 bits per heavy atom. The zero-order chi connectivity index (χ0) is 11.8. The van der Waals surface area contributed by atoms with Gasteiger partial charge in [-0.3, -0.25) is 0 Å². The second-order valence-corrected chi connectivity index (χ2v) is 4.93. The van der Waals surface area contributed by atoms with Gasteiger partial charge in [-0.25, -0.2) is 4.39 Å². The molecule has 0 saturated heterocycles. The smallest absolute Gasteiger partial charge is 0.137 e. The van der Waals surface area contributed by atoms with Crippen molar-refractivity contribution in [1.82, 2.24) is 5.32 Å². The summed E-state index contributed by atoms with van der Waals surface area (Å²) >= 11 is 1.59. The normalized spacial score (nSPS) is 10.7. The van der Waals surface area contributed by atoms with Crippen molar-refractivity contribution in [1.29, 1.82) is 0 Å². The fourth-order valence-corrected chi connectivity index (χ4v) is 2.18. The number of hydrogen-bond acceptors (Lipinski definition) is 2. The van der Waals surface area contributed by atoms with Crippen LogP contribution in [0.25, 0.3) is 0 Å². The standard InChI is InChI=1S/C13H20FNS/c1-3-7-15-10-11-5-6-13(12(14)9-11)16-8-4-2/h5-6,9,15H,3-4,7-8,10H2,1-2H3. The lowest BCUT2D eigenvalue weighted by Gasteiger charge is -2.06. The van der Waals surface area contributed by atoms with E-state index in [1.54, 1.807) is 17.8 Å². The van der Waals surface area contributed by atoms with Crippen LogP contribution in [-0.2, 0) is 6.54 Å². The molecule has 1 aromatic carbocycles. The zero-order valence-corrected chi connectivity index (χ0v) is 10.9. The molecule has 0 bridgehead atoms. The molecule has 0 amide bonds. The van der Waals surface area contributed by atoms with Gasteiger partial charge < -0.3 is 5.32 Å². The van der Waals surface area contributed by atoms with Crippen molar-refractivity contribution < 1.29 is 4.39 Å². The van der Waals surface area contributed by atoms with Gasteiger partial charge in [-0.2, -0.15) is 0 Å². The van der Waals surface area contributed by atoms with Crippen molar-refractivity contribution in [2.24, 2.45) is 0 Å². The second-order valence-electron chi connectivity index (χ2n) is 3.79. The van der Waals surface area contributed by atoms with Crippen molar-refractivity contribution in [3.05, 3.63) is 29.6 Å². The molecular weight excluding hydrogens is 221 g/mol. The molecule has 0 aliphatic carbocycles. The van der Waals surface area contributed by atoms with Gasteiger partial charge in [-0.05, 0) is 42.8 Å². The molecule has 0 radical (unpaired) electrons. The van der Waals surface area contributed by atoms with E-state index in [2.05, 4.69) is 19.2 Å². The summed E-state index contributed by atoms with van der Waals surface area (Å²) < 4.78 is 13.6. The molecule has 90 valence electrons. The van der Waals surface area contributed by atoms with Crippen LogP contribution < -0.4 is 5.32 Å². The number of thioether (sulfide) groups is 1. The van der Waals surface area contributed by atoms with Gasteiger partial charge in [0.2, 0.25) is 0 Å². The molecule has 0 aromatic heterocycles. The Balaban J connectivity index is 2.53. The highest BCUT2D eigenvalue weighted by Crippen LogP contribution is 2.23. The molecule has 0 spiro atoms. The summed E-state index contributed by atoms with van der Waals surface area (Å²) in [5.41, 5.74) is 1.02. The Bertz CT molecular complexity index is 315. The van der Waals surface area contributed by atoms with Crippen LogP contribution in [0.15, 0.2) is 23.1 Å². The minimum absolute atomic E-state index is 0.0887. The first-order chi connectivity index (χ1) is 7.77.